The minimum absolute atomic E-state index is 0.135. The van der Waals surface area contributed by atoms with Gasteiger partial charge in [-0.15, -0.1) is 0 Å². The number of ether oxygens (including phenoxy) is 1. The van der Waals surface area contributed by atoms with E-state index in [0.717, 1.165) is 0 Å². The van der Waals surface area contributed by atoms with Crippen LogP contribution in [0, 0.1) is 18.2 Å². The number of halogens is 1. The Kier molecular flexibility index (Phi) is 4.53. The van der Waals surface area contributed by atoms with E-state index < -0.39 is 5.41 Å². The number of amidine groups is 1. The molecule has 0 atom stereocenters. The Morgan fingerprint density at radius 2 is 2.17 bits per heavy atom. The zero-order valence-corrected chi connectivity index (χ0v) is 10.9. The van der Waals surface area contributed by atoms with Crippen molar-refractivity contribution in [2.45, 2.75) is 27.2 Å². The van der Waals surface area contributed by atoms with Gasteiger partial charge in [-0.2, -0.15) is 0 Å². The molecule has 0 aromatic heterocycles. The second-order valence-corrected chi connectivity index (χ2v) is 4.85. The molecule has 3 N–H and O–H groups in total. The molecule has 0 radical (unpaired) electrons. The molecule has 0 aliphatic heterocycles. The van der Waals surface area contributed by atoms with Crippen molar-refractivity contribution in [2.75, 3.05) is 6.61 Å². The molecule has 0 saturated carbocycles. The third kappa shape index (κ3) is 3.35. The molecular formula is C13H19FN2O2. The van der Waals surface area contributed by atoms with Gasteiger partial charge in [0.25, 0.3) is 0 Å². The maximum absolute atomic E-state index is 13.6. The lowest BCUT2D eigenvalue weighted by atomic mass is 9.88. The molecule has 0 spiro atoms. The third-order valence-corrected chi connectivity index (χ3v) is 2.94. The predicted molar refractivity (Wildman–Crippen MR) is 68.4 cm³/mol. The van der Waals surface area contributed by atoms with Crippen LogP contribution in [0.5, 0.6) is 5.75 Å². The van der Waals surface area contributed by atoms with E-state index in [1.807, 2.05) is 13.8 Å². The van der Waals surface area contributed by atoms with E-state index in [2.05, 4.69) is 5.16 Å². The SMILES string of the molecule is Cc1cccc(OCCC(C)(C)/C(N)=N/O)c1F. The molecule has 1 aromatic carbocycles. The summed E-state index contributed by atoms with van der Waals surface area (Å²) in [5, 5.41) is 11.6. The summed E-state index contributed by atoms with van der Waals surface area (Å²) in [5.74, 6) is 0.0141. The highest BCUT2D eigenvalue weighted by Gasteiger charge is 2.23. The van der Waals surface area contributed by atoms with Gasteiger partial charge < -0.3 is 15.7 Å². The van der Waals surface area contributed by atoms with Crippen molar-refractivity contribution >= 4 is 5.84 Å². The van der Waals surface area contributed by atoms with E-state index in [1.165, 1.54) is 0 Å². The molecule has 1 aromatic rings. The fourth-order valence-electron chi connectivity index (χ4n) is 1.41. The van der Waals surface area contributed by atoms with Crippen molar-refractivity contribution < 1.29 is 14.3 Å². The highest BCUT2D eigenvalue weighted by atomic mass is 19.1. The topological polar surface area (TPSA) is 67.8 Å². The first-order valence-corrected chi connectivity index (χ1v) is 5.74. The van der Waals surface area contributed by atoms with E-state index in [0.29, 0.717) is 18.6 Å². The largest absolute Gasteiger partial charge is 0.490 e. The number of benzene rings is 1. The van der Waals surface area contributed by atoms with Crippen molar-refractivity contribution in [1.29, 1.82) is 0 Å². The van der Waals surface area contributed by atoms with E-state index in [9.17, 15) is 4.39 Å². The van der Waals surface area contributed by atoms with Gasteiger partial charge >= 0.3 is 0 Å². The molecule has 5 heteroatoms. The maximum atomic E-state index is 13.6. The Morgan fingerprint density at radius 3 is 2.78 bits per heavy atom. The van der Waals surface area contributed by atoms with Gasteiger partial charge in [0.2, 0.25) is 0 Å². The molecule has 0 amide bonds. The normalized spacial score (nSPS) is 12.6. The maximum Gasteiger partial charge on any atom is 0.167 e. The number of nitrogens with zero attached hydrogens (tertiary/aromatic N) is 1. The summed E-state index contributed by atoms with van der Waals surface area (Å²) in [7, 11) is 0. The molecule has 0 aliphatic carbocycles. The molecule has 18 heavy (non-hydrogen) atoms. The average molecular weight is 254 g/mol. The average Bonchev–Trinajstić information content (AvgIpc) is 2.33. The van der Waals surface area contributed by atoms with E-state index in [4.69, 9.17) is 15.7 Å². The summed E-state index contributed by atoms with van der Waals surface area (Å²) in [6.45, 7) is 5.64. The van der Waals surface area contributed by atoms with Crippen molar-refractivity contribution in [3.8, 4) is 5.75 Å². The second-order valence-electron chi connectivity index (χ2n) is 4.85. The fourth-order valence-corrected chi connectivity index (χ4v) is 1.41. The quantitative estimate of drug-likeness (QED) is 0.367. The summed E-state index contributed by atoms with van der Waals surface area (Å²) >= 11 is 0. The van der Waals surface area contributed by atoms with Gasteiger partial charge in [0, 0.05) is 5.41 Å². The minimum Gasteiger partial charge on any atom is -0.490 e. The van der Waals surface area contributed by atoms with Crippen LogP contribution in [-0.4, -0.2) is 17.6 Å². The van der Waals surface area contributed by atoms with Crippen LogP contribution in [0.15, 0.2) is 23.4 Å². The number of nitrogens with two attached hydrogens (primary N) is 1. The van der Waals surface area contributed by atoms with E-state index in [-0.39, 0.29) is 17.4 Å². The first-order valence-electron chi connectivity index (χ1n) is 5.74. The molecule has 0 fully saturated rings. The van der Waals surface area contributed by atoms with Gasteiger partial charge in [-0.1, -0.05) is 31.1 Å². The van der Waals surface area contributed by atoms with Crippen LogP contribution in [-0.2, 0) is 0 Å². The van der Waals surface area contributed by atoms with Crippen molar-refractivity contribution in [2.24, 2.45) is 16.3 Å². The second kappa shape index (κ2) is 5.71. The number of oxime groups is 1. The predicted octanol–water partition coefficient (Wildman–Crippen LogP) is 2.68. The van der Waals surface area contributed by atoms with Gasteiger partial charge in [0.1, 0.15) is 5.84 Å². The third-order valence-electron chi connectivity index (χ3n) is 2.94. The number of hydrogen-bond acceptors (Lipinski definition) is 3. The zero-order chi connectivity index (χ0) is 13.8. The van der Waals surface area contributed by atoms with E-state index >= 15 is 0 Å². The van der Waals surface area contributed by atoms with Crippen molar-refractivity contribution in [1.82, 2.24) is 0 Å². The summed E-state index contributed by atoms with van der Waals surface area (Å²) in [6, 6.07) is 5.00. The van der Waals surface area contributed by atoms with Crippen LogP contribution in [0.4, 0.5) is 4.39 Å². The Morgan fingerprint density at radius 1 is 1.50 bits per heavy atom. The summed E-state index contributed by atoms with van der Waals surface area (Å²) in [4.78, 5) is 0. The van der Waals surface area contributed by atoms with Crippen LogP contribution in [0.3, 0.4) is 0 Å². The molecule has 4 nitrogen and oxygen atoms in total. The molecule has 1 rings (SSSR count). The highest BCUT2D eigenvalue weighted by molar-refractivity contribution is 5.85. The first kappa shape index (κ1) is 14.3. The van der Waals surface area contributed by atoms with Crippen LogP contribution in [0.25, 0.3) is 0 Å². The summed E-state index contributed by atoms with van der Waals surface area (Å²) in [5.41, 5.74) is 5.61. The van der Waals surface area contributed by atoms with Crippen LogP contribution in [0.1, 0.15) is 25.8 Å². The van der Waals surface area contributed by atoms with Gasteiger partial charge in [-0.3, -0.25) is 0 Å². The number of aryl methyl sites for hydroxylation is 1. The Balaban J connectivity index is 2.60. The number of rotatable bonds is 5. The summed E-state index contributed by atoms with van der Waals surface area (Å²) in [6.07, 6.45) is 0.524. The molecule has 0 unspecified atom stereocenters. The van der Waals surface area contributed by atoms with Crippen molar-refractivity contribution in [3.63, 3.8) is 0 Å². The molecule has 0 aliphatic rings. The minimum atomic E-state index is -0.491. The fraction of sp³-hybridized carbons (Fsp3) is 0.462. The van der Waals surface area contributed by atoms with Gasteiger partial charge in [-0.25, -0.2) is 4.39 Å². The van der Waals surface area contributed by atoms with Gasteiger partial charge in [-0.05, 0) is 25.0 Å². The van der Waals surface area contributed by atoms with E-state index in [1.54, 1.807) is 25.1 Å². The lowest BCUT2D eigenvalue weighted by Crippen LogP contribution is -2.33. The summed E-state index contributed by atoms with van der Waals surface area (Å²) < 4.78 is 19.0. The van der Waals surface area contributed by atoms with Crippen LogP contribution in [0.2, 0.25) is 0 Å². The lowest BCUT2D eigenvalue weighted by molar-refractivity contribution is 0.251. The molecule has 0 bridgehead atoms. The van der Waals surface area contributed by atoms with Crippen LogP contribution >= 0.6 is 0 Å². The Hall–Kier alpha value is -1.78. The molecular weight excluding hydrogens is 235 g/mol. The standard InChI is InChI=1S/C13H19FN2O2/c1-9-5-4-6-10(11(9)14)18-8-7-13(2,3)12(15)16-17/h4-6,17H,7-8H2,1-3H3,(H2,15,16). The molecule has 0 heterocycles. The smallest absolute Gasteiger partial charge is 0.167 e. The molecule has 0 saturated heterocycles. The van der Waals surface area contributed by atoms with Crippen molar-refractivity contribution in [3.05, 3.63) is 29.6 Å². The molecule has 100 valence electrons. The highest BCUT2D eigenvalue weighted by Crippen LogP contribution is 2.23. The monoisotopic (exact) mass is 254 g/mol. The zero-order valence-electron chi connectivity index (χ0n) is 10.9. The number of hydrogen-bond donors (Lipinski definition) is 2. The lowest BCUT2D eigenvalue weighted by Gasteiger charge is -2.22. The Bertz CT molecular complexity index is 445. The van der Waals surface area contributed by atoms with Gasteiger partial charge in [0.05, 0.1) is 6.61 Å². The Labute approximate surface area is 106 Å². The van der Waals surface area contributed by atoms with Gasteiger partial charge in [0.15, 0.2) is 11.6 Å². The first-order chi connectivity index (χ1) is 8.38. The van der Waals surface area contributed by atoms with Crippen LogP contribution < -0.4 is 10.5 Å².